The molecule has 1 fully saturated rings. The first-order valence-corrected chi connectivity index (χ1v) is 8.64. The van der Waals surface area contributed by atoms with Crippen LogP contribution in [0.1, 0.15) is 31.7 Å². The molecule has 0 amide bonds. The summed E-state index contributed by atoms with van der Waals surface area (Å²) >= 11 is 0. The van der Waals surface area contributed by atoms with Gasteiger partial charge in [0.15, 0.2) is 5.96 Å². The van der Waals surface area contributed by atoms with Gasteiger partial charge in [-0.15, -0.1) is 0 Å². The van der Waals surface area contributed by atoms with Crippen molar-refractivity contribution in [2.45, 2.75) is 38.8 Å². The molecule has 1 aliphatic rings. The molecule has 1 saturated heterocycles. The Morgan fingerprint density at radius 3 is 2.74 bits per heavy atom. The zero-order chi connectivity index (χ0) is 16.2. The van der Waals surface area contributed by atoms with E-state index < -0.39 is 0 Å². The second-order valence-corrected chi connectivity index (χ2v) is 5.64. The van der Waals surface area contributed by atoms with E-state index in [1.54, 1.807) is 0 Å². The fourth-order valence-corrected chi connectivity index (χ4v) is 2.47. The Morgan fingerprint density at radius 2 is 2.00 bits per heavy atom. The van der Waals surface area contributed by atoms with Crippen LogP contribution in [-0.2, 0) is 16.0 Å². The van der Waals surface area contributed by atoms with Crippen LogP contribution in [0.15, 0.2) is 35.3 Å². The van der Waals surface area contributed by atoms with Crippen LogP contribution in [0.5, 0.6) is 0 Å². The summed E-state index contributed by atoms with van der Waals surface area (Å²) < 4.78 is 11.2. The van der Waals surface area contributed by atoms with Gasteiger partial charge in [-0.3, -0.25) is 0 Å². The van der Waals surface area contributed by atoms with Gasteiger partial charge in [0, 0.05) is 32.9 Å². The van der Waals surface area contributed by atoms with Gasteiger partial charge in [0.25, 0.3) is 0 Å². The number of nitrogens with one attached hydrogen (secondary N) is 2. The Bertz CT molecular complexity index is 445. The van der Waals surface area contributed by atoms with E-state index in [9.17, 15) is 0 Å². The van der Waals surface area contributed by atoms with Crippen molar-refractivity contribution in [3.63, 3.8) is 0 Å². The monoisotopic (exact) mass is 319 g/mol. The standard InChI is InChI=1S/C18H29N3O2/c1-2-19-18(21-15-16-7-4-3-5-8-16)20-11-6-12-23-17-9-13-22-14-10-17/h3-5,7-8,17H,2,6,9-15H2,1H3,(H2,19,20,21). The van der Waals surface area contributed by atoms with Gasteiger partial charge in [0.1, 0.15) is 0 Å². The normalized spacial score (nSPS) is 16.3. The number of benzene rings is 1. The summed E-state index contributed by atoms with van der Waals surface area (Å²) in [7, 11) is 0. The predicted molar refractivity (Wildman–Crippen MR) is 93.7 cm³/mol. The van der Waals surface area contributed by atoms with Crippen molar-refractivity contribution in [2.24, 2.45) is 4.99 Å². The maximum absolute atomic E-state index is 5.87. The van der Waals surface area contributed by atoms with Crippen molar-refractivity contribution in [1.82, 2.24) is 10.6 Å². The first-order valence-electron chi connectivity index (χ1n) is 8.64. The maximum Gasteiger partial charge on any atom is 0.191 e. The summed E-state index contributed by atoms with van der Waals surface area (Å²) in [4.78, 5) is 4.61. The molecular formula is C18H29N3O2. The second kappa shape index (κ2) is 11.0. The average molecular weight is 319 g/mol. The highest BCUT2D eigenvalue weighted by atomic mass is 16.5. The topological polar surface area (TPSA) is 54.9 Å². The molecule has 1 aromatic carbocycles. The van der Waals surface area contributed by atoms with Gasteiger partial charge in [0.2, 0.25) is 0 Å². The quantitative estimate of drug-likeness (QED) is 0.439. The molecular weight excluding hydrogens is 290 g/mol. The molecule has 0 atom stereocenters. The van der Waals surface area contributed by atoms with E-state index in [1.165, 1.54) is 5.56 Å². The Balaban J connectivity index is 1.63. The van der Waals surface area contributed by atoms with E-state index in [2.05, 4.69) is 34.7 Å². The fourth-order valence-electron chi connectivity index (χ4n) is 2.47. The second-order valence-electron chi connectivity index (χ2n) is 5.64. The zero-order valence-corrected chi connectivity index (χ0v) is 14.1. The molecule has 128 valence electrons. The molecule has 0 unspecified atom stereocenters. The fraction of sp³-hybridized carbons (Fsp3) is 0.611. The Labute approximate surface area is 139 Å². The molecule has 5 nitrogen and oxygen atoms in total. The van der Waals surface area contributed by atoms with Crippen LogP contribution in [0.3, 0.4) is 0 Å². The van der Waals surface area contributed by atoms with Crippen molar-refractivity contribution in [3.8, 4) is 0 Å². The highest BCUT2D eigenvalue weighted by molar-refractivity contribution is 5.79. The molecule has 2 N–H and O–H groups in total. The summed E-state index contributed by atoms with van der Waals surface area (Å²) in [6, 6.07) is 10.3. The molecule has 0 radical (unpaired) electrons. The van der Waals surface area contributed by atoms with Gasteiger partial charge in [-0.2, -0.15) is 0 Å². The lowest BCUT2D eigenvalue weighted by atomic mass is 10.1. The molecule has 5 heteroatoms. The SMILES string of the molecule is CCNC(=NCc1ccccc1)NCCCOC1CCOCC1. The summed E-state index contributed by atoms with van der Waals surface area (Å²) in [5.74, 6) is 0.863. The molecule has 0 aliphatic carbocycles. The van der Waals surface area contributed by atoms with E-state index in [0.29, 0.717) is 12.6 Å². The molecule has 0 bridgehead atoms. The van der Waals surface area contributed by atoms with Gasteiger partial charge >= 0.3 is 0 Å². The van der Waals surface area contributed by atoms with Crippen molar-refractivity contribution in [1.29, 1.82) is 0 Å². The van der Waals surface area contributed by atoms with Crippen molar-refractivity contribution >= 4 is 5.96 Å². The van der Waals surface area contributed by atoms with Crippen LogP contribution in [0, 0.1) is 0 Å². The van der Waals surface area contributed by atoms with Gasteiger partial charge in [0.05, 0.1) is 12.6 Å². The van der Waals surface area contributed by atoms with Crippen molar-refractivity contribution in [3.05, 3.63) is 35.9 Å². The predicted octanol–water partition coefficient (Wildman–Crippen LogP) is 2.33. The highest BCUT2D eigenvalue weighted by Gasteiger charge is 2.13. The third-order valence-corrected chi connectivity index (χ3v) is 3.74. The Hall–Kier alpha value is -1.59. The Kier molecular flexibility index (Phi) is 8.51. The van der Waals surface area contributed by atoms with Crippen LogP contribution in [0.4, 0.5) is 0 Å². The molecule has 23 heavy (non-hydrogen) atoms. The van der Waals surface area contributed by atoms with Crippen LogP contribution >= 0.6 is 0 Å². The number of ether oxygens (including phenoxy) is 2. The molecule has 0 saturated carbocycles. The lowest BCUT2D eigenvalue weighted by molar-refractivity contribution is -0.0320. The number of aliphatic imine (C=N–C) groups is 1. The Morgan fingerprint density at radius 1 is 1.22 bits per heavy atom. The number of hydrogen-bond acceptors (Lipinski definition) is 3. The van der Waals surface area contributed by atoms with Gasteiger partial charge < -0.3 is 20.1 Å². The van der Waals surface area contributed by atoms with E-state index in [0.717, 1.165) is 58.1 Å². The summed E-state index contributed by atoms with van der Waals surface area (Å²) in [6.45, 7) is 6.95. The lowest BCUT2D eigenvalue weighted by Gasteiger charge is -2.22. The molecule has 1 aliphatic heterocycles. The van der Waals surface area contributed by atoms with E-state index in [-0.39, 0.29) is 0 Å². The minimum absolute atomic E-state index is 0.378. The van der Waals surface area contributed by atoms with Gasteiger partial charge in [-0.25, -0.2) is 4.99 Å². The number of hydrogen-bond donors (Lipinski definition) is 2. The van der Waals surface area contributed by atoms with Crippen molar-refractivity contribution < 1.29 is 9.47 Å². The summed E-state index contributed by atoms with van der Waals surface area (Å²) in [5.41, 5.74) is 1.22. The number of guanidine groups is 1. The summed E-state index contributed by atoms with van der Waals surface area (Å²) in [6.07, 6.45) is 3.40. The number of nitrogens with zero attached hydrogens (tertiary/aromatic N) is 1. The van der Waals surface area contributed by atoms with E-state index in [4.69, 9.17) is 9.47 Å². The molecule has 1 aromatic rings. The van der Waals surface area contributed by atoms with Gasteiger partial charge in [-0.1, -0.05) is 30.3 Å². The minimum atomic E-state index is 0.378. The van der Waals surface area contributed by atoms with E-state index in [1.807, 2.05) is 18.2 Å². The molecule has 0 spiro atoms. The lowest BCUT2D eigenvalue weighted by Crippen LogP contribution is -2.38. The molecule has 0 aromatic heterocycles. The average Bonchev–Trinajstić information content (AvgIpc) is 2.61. The highest BCUT2D eigenvalue weighted by Crippen LogP contribution is 2.10. The van der Waals surface area contributed by atoms with Crippen molar-refractivity contribution in [2.75, 3.05) is 32.9 Å². The van der Waals surface area contributed by atoms with Gasteiger partial charge in [-0.05, 0) is 31.7 Å². The third kappa shape index (κ3) is 7.48. The van der Waals surface area contributed by atoms with E-state index >= 15 is 0 Å². The smallest absolute Gasteiger partial charge is 0.191 e. The molecule has 2 rings (SSSR count). The first kappa shape index (κ1) is 17.8. The zero-order valence-electron chi connectivity index (χ0n) is 14.1. The maximum atomic E-state index is 5.87. The summed E-state index contributed by atoms with van der Waals surface area (Å²) in [5, 5.41) is 6.64. The number of rotatable bonds is 8. The van der Waals surface area contributed by atoms with Crippen LogP contribution in [0.2, 0.25) is 0 Å². The third-order valence-electron chi connectivity index (χ3n) is 3.74. The largest absolute Gasteiger partial charge is 0.381 e. The molecule has 1 heterocycles. The minimum Gasteiger partial charge on any atom is -0.381 e. The van der Waals surface area contributed by atoms with Crippen LogP contribution in [0.25, 0.3) is 0 Å². The van der Waals surface area contributed by atoms with Crippen LogP contribution < -0.4 is 10.6 Å². The van der Waals surface area contributed by atoms with Crippen LogP contribution in [-0.4, -0.2) is 45.0 Å². The first-order chi connectivity index (χ1) is 11.4.